The highest BCUT2D eigenvalue weighted by Crippen LogP contribution is 2.25. The third-order valence-corrected chi connectivity index (χ3v) is 6.16. The van der Waals surface area contributed by atoms with Gasteiger partial charge in [-0.1, -0.05) is 13.8 Å². The Kier molecular flexibility index (Phi) is 4.66. The Morgan fingerprint density at radius 1 is 1.37 bits per heavy atom. The van der Waals surface area contributed by atoms with Gasteiger partial charge in [-0.2, -0.15) is 0 Å². The first-order chi connectivity index (χ1) is 8.90. The third-order valence-electron chi connectivity index (χ3n) is 3.46. The van der Waals surface area contributed by atoms with Crippen LogP contribution < -0.4 is 10.0 Å². The number of sulfonamides is 1. The quantitative estimate of drug-likeness (QED) is 0.812. The smallest absolute Gasteiger partial charge is 0.241 e. The van der Waals surface area contributed by atoms with Crippen molar-refractivity contribution >= 4 is 21.4 Å². The first-order valence-electron chi connectivity index (χ1n) is 6.72. The molecule has 1 saturated carbocycles. The normalized spacial score (nSPS) is 17.9. The summed E-state index contributed by atoms with van der Waals surface area (Å²) in [5, 5.41) is 5.21. The molecule has 0 spiro atoms. The molecule has 1 heterocycles. The van der Waals surface area contributed by atoms with E-state index in [0.29, 0.717) is 17.5 Å². The zero-order valence-corrected chi connectivity index (χ0v) is 13.3. The summed E-state index contributed by atoms with van der Waals surface area (Å²) in [5.41, 5.74) is 0. The van der Waals surface area contributed by atoms with Gasteiger partial charge in [-0.25, -0.2) is 13.1 Å². The van der Waals surface area contributed by atoms with Crippen LogP contribution in [-0.4, -0.2) is 20.5 Å². The van der Waals surface area contributed by atoms with Gasteiger partial charge in [-0.05, 0) is 37.1 Å². The van der Waals surface area contributed by atoms with Crippen LogP contribution in [0.2, 0.25) is 0 Å². The van der Waals surface area contributed by atoms with Crippen molar-refractivity contribution in [2.75, 3.05) is 0 Å². The van der Waals surface area contributed by atoms with E-state index in [1.165, 1.54) is 24.2 Å². The molecule has 1 fully saturated rings. The number of rotatable bonds is 7. The summed E-state index contributed by atoms with van der Waals surface area (Å²) in [5.74, 6) is 0.279. The molecule has 0 saturated heterocycles. The van der Waals surface area contributed by atoms with Gasteiger partial charge < -0.3 is 5.32 Å². The lowest BCUT2D eigenvalue weighted by atomic mass is 10.1. The second kappa shape index (κ2) is 5.91. The second-order valence-corrected chi connectivity index (χ2v) is 8.20. The van der Waals surface area contributed by atoms with Crippen LogP contribution >= 0.6 is 11.3 Å². The van der Waals surface area contributed by atoms with E-state index in [2.05, 4.69) is 10.0 Å². The van der Waals surface area contributed by atoms with Gasteiger partial charge in [0, 0.05) is 23.5 Å². The van der Waals surface area contributed by atoms with E-state index in [9.17, 15) is 8.42 Å². The van der Waals surface area contributed by atoms with E-state index in [-0.39, 0.29) is 12.0 Å². The van der Waals surface area contributed by atoms with Gasteiger partial charge in [-0.3, -0.25) is 0 Å². The van der Waals surface area contributed by atoms with Crippen molar-refractivity contribution in [1.82, 2.24) is 10.0 Å². The molecule has 0 bridgehead atoms. The van der Waals surface area contributed by atoms with Crippen molar-refractivity contribution in [1.29, 1.82) is 0 Å². The molecule has 2 N–H and O–H groups in total. The van der Waals surface area contributed by atoms with Gasteiger partial charge in [-0.15, -0.1) is 11.3 Å². The SMILES string of the molecule is CC(C)C(C)NS(=O)(=O)c1ccsc1CNC1CC1. The molecule has 0 radical (unpaired) electrons. The van der Waals surface area contributed by atoms with E-state index in [4.69, 9.17) is 0 Å². The van der Waals surface area contributed by atoms with Crippen molar-refractivity contribution in [3.05, 3.63) is 16.3 Å². The fraction of sp³-hybridized carbons (Fsp3) is 0.692. The minimum atomic E-state index is -3.40. The fourth-order valence-corrected chi connectivity index (χ4v) is 4.45. The topological polar surface area (TPSA) is 58.2 Å². The predicted octanol–water partition coefficient (Wildman–Crippen LogP) is 2.32. The van der Waals surface area contributed by atoms with E-state index in [1.54, 1.807) is 6.07 Å². The maximum Gasteiger partial charge on any atom is 0.241 e. The highest BCUT2D eigenvalue weighted by molar-refractivity contribution is 7.89. The molecular weight excluding hydrogens is 280 g/mol. The van der Waals surface area contributed by atoms with Crippen LogP contribution in [0.3, 0.4) is 0 Å². The minimum absolute atomic E-state index is 0.0610. The Bertz CT molecular complexity index is 519. The molecule has 0 aliphatic heterocycles. The lowest BCUT2D eigenvalue weighted by Crippen LogP contribution is -2.36. The van der Waals surface area contributed by atoms with Gasteiger partial charge in [0.25, 0.3) is 0 Å². The van der Waals surface area contributed by atoms with E-state index in [0.717, 1.165) is 4.88 Å². The molecule has 2 rings (SSSR count). The summed E-state index contributed by atoms with van der Waals surface area (Å²) in [6.07, 6.45) is 2.41. The van der Waals surface area contributed by atoms with E-state index < -0.39 is 10.0 Å². The van der Waals surface area contributed by atoms with Crippen LogP contribution in [0.15, 0.2) is 16.3 Å². The molecular formula is C13H22N2O2S2. The van der Waals surface area contributed by atoms with Crippen molar-refractivity contribution in [2.45, 2.75) is 57.1 Å². The molecule has 1 aromatic heterocycles. The largest absolute Gasteiger partial charge is 0.309 e. The maximum absolute atomic E-state index is 12.4. The highest BCUT2D eigenvalue weighted by atomic mass is 32.2. The molecule has 4 nitrogen and oxygen atoms in total. The van der Waals surface area contributed by atoms with Crippen molar-refractivity contribution < 1.29 is 8.42 Å². The number of thiophene rings is 1. The van der Waals surface area contributed by atoms with Gasteiger partial charge in [0.2, 0.25) is 10.0 Å². The summed E-state index contributed by atoms with van der Waals surface area (Å²) >= 11 is 1.50. The van der Waals surface area contributed by atoms with Gasteiger partial charge >= 0.3 is 0 Å². The minimum Gasteiger partial charge on any atom is -0.309 e. The summed E-state index contributed by atoms with van der Waals surface area (Å²) in [6.45, 7) is 6.57. The maximum atomic E-state index is 12.4. The monoisotopic (exact) mass is 302 g/mol. The van der Waals surface area contributed by atoms with Gasteiger partial charge in [0.15, 0.2) is 0 Å². The van der Waals surface area contributed by atoms with Crippen LogP contribution in [0, 0.1) is 5.92 Å². The molecule has 1 atom stereocenters. The predicted molar refractivity (Wildman–Crippen MR) is 78.8 cm³/mol. The molecule has 1 aromatic rings. The Morgan fingerprint density at radius 3 is 2.63 bits per heavy atom. The Labute approximate surface area is 119 Å². The van der Waals surface area contributed by atoms with Crippen LogP contribution in [0.5, 0.6) is 0 Å². The van der Waals surface area contributed by atoms with Gasteiger partial charge in [0.05, 0.1) is 4.90 Å². The lowest BCUT2D eigenvalue weighted by molar-refractivity contribution is 0.476. The third kappa shape index (κ3) is 4.02. The van der Waals surface area contributed by atoms with E-state index >= 15 is 0 Å². The lowest BCUT2D eigenvalue weighted by Gasteiger charge is -2.17. The summed E-state index contributed by atoms with van der Waals surface area (Å²) in [4.78, 5) is 1.33. The average Bonchev–Trinajstić information content (AvgIpc) is 3.02. The van der Waals surface area contributed by atoms with Crippen LogP contribution in [-0.2, 0) is 16.6 Å². The van der Waals surface area contributed by atoms with Crippen LogP contribution in [0.4, 0.5) is 0 Å². The first kappa shape index (κ1) is 15.0. The number of hydrogen-bond acceptors (Lipinski definition) is 4. The van der Waals surface area contributed by atoms with Crippen LogP contribution in [0.1, 0.15) is 38.5 Å². The molecule has 1 aliphatic carbocycles. The average molecular weight is 302 g/mol. The highest BCUT2D eigenvalue weighted by Gasteiger charge is 2.25. The van der Waals surface area contributed by atoms with Crippen LogP contribution in [0.25, 0.3) is 0 Å². The number of nitrogens with one attached hydrogen (secondary N) is 2. The van der Waals surface area contributed by atoms with Crippen molar-refractivity contribution in [2.24, 2.45) is 5.92 Å². The summed E-state index contributed by atoms with van der Waals surface area (Å²) < 4.78 is 27.5. The molecule has 1 unspecified atom stereocenters. The molecule has 108 valence electrons. The summed E-state index contributed by atoms with van der Waals surface area (Å²) in [6, 6.07) is 2.22. The molecule has 0 aromatic carbocycles. The molecule has 0 amide bonds. The molecule has 1 aliphatic rings. The Morgan fingerprint density at radius 2 is 2.05 bits per heavy atom. The van der Waals surface area contributed by atoms with Gasteiger partial charge in [0.1, 0.15) is 0 Å². The Hall–Kier alpha value is -0.430. The first-order valence-corrected chi connectivity index (χ1v) is 9.08. The zero-order chi connectivity index (χ0) is 14.0. The van der Waals surface area contributed by atoms with Crippen molar-refractivity contribution in [3.63, 3.8) is 0 Å². The van der Waals surface area contributed by atoms with Crippen molar-refractivity contribution in [3.8, 4) is 0 Å². The fourth-order valence-electron chi connectivity index (χ4n) is 1.67. The second-order valence-electron chi connectivity index (χ2n) is 5.52. The molecule has 6 heteroatoms. The standard InChI is InChI=1S/C13H22N2O2S2/c1-9(2)10(3)15-19(16,17)13-6-7-18-12(13)8-14-11-4-5-11/h6-7,9-11,14-15H,4-5,8H2,1-3H3. The summed E-state index contributed by atoms with van der Waals surface area (Å²) in [7, 11) is -3.40. The zero-order valence-electron chi connectivity index (χ0n) is 11.6. The van der Waals surface area contributed by atoms with E-state index in [1.807, 2.05) is 26.2 Å². The number of hydrogen-bond donors (Lipinski definition) is 2. The Balaban J connectivity index is 2.08. The molecule has 19 heavy (non-hydrogen) atoms.